The van der Waals surface area contributed by atoms with Crippen LogP contribution in [0.5, 0.6) is 0 Å². The number of carbonyl (C=O) groups excluding carboxylic acids is 1. The van der Waals surface area contributed by atoms with Crippen LogP contribution in [-0.4, -0.2) is 13.0 Å². The molecule has 0 fully saturated rings. The molecule has 4 heteroatoms. The van der Waals surface area contributed by atoms with Gasteiger partial charge in [0.25, 0.3) is 0 Å². The van der Waals surface area contributed by atoms with Gasteiger partial charge in [0.05, 0.1) is 0 Å². The number of halogens is 2. The molecule has 1 aromatic carbocycles. The van der Waals surface area contributed by atoms with E-state index in [1.54, 1.807) is 7.05 Å². The average Bonchev–Trinajstić information content (AvgIpc) is 2.20. The van der Waals surface area contributed by atoms with Crippen LogP contribution in [0.25, 0.3) is 0 Å². The van der Waals surface area contributed by atoms with Gasteiger partial charge in [-0.2, -0.15) is 0 Å². The van der Waals surface area contributed by atoms with Crippen molar-refractivity contribution in [3.05, 3.63) is 33.8 Å². The zero-order valence-electron chi connectivity index (χ0n) is 7.97. The Morgan fingerprint density at radius 3 is 2.71 bits per heavy atom. The van der Waals surface area contributed by atoms with Crippen LogP contribution in [0.3, 0.4) is 0 Å². The van der Waals surface area contributed by atoms with Gasteiger partial charge in [-0.1, -0.05) is 28.1 Å². The van der Waals surface area contributed by atoms with Crippen molar-refractivity contribution in [3.8, 4) is 0 Å². The van der Waals surface area contributed by atoms with E-state index in [-0.39, 0.29) is 5.91 Å². The Labute approximate surface area is 96.8 Å². The van der Waals surface area contributed by atoms with Gasteiger partial charge in [0.1, 0.15) is 5.38 Å². The molecule has 1 amide bonds. The predicted molar refractivity (Wildman–Crippen MR) is 61.5 cm³/mol. The van der Waals surface area contributed by atoms with E-state index in [4.69, 9.17) is 11.6 Å². The molecule has 76 valence electrons. The zero-order valence-corrected chi connectivity index (χ0v) is 10.3. The Kier molecular flexibility index (Phi) is 3.96. The lowest BCUT2D eigenvalue weighted by Crippen LogP contribution is -2.22. The normalized spacial score (nSPS) is 12.3. The van der Waals surface area contributed by atoms with Crippen LogP contribution < -0.4 is 5.32 Å². The third-order valence-corrected chi connectivity index (χ3v) is 3.29. The fourth-order valence-corrected chi connectivity index (χ4v) is 1.60. The van der Waals surface area contributed by atoms with Gasteiger partial charge in [0, 0.05) is 11.5 Å². The Morgan fingerprint density at radius 1 is 1.57 bits per heavy atom. The summed E-state index contributed by atoms with van der Waals surface area (Å²) in [7, 11) is 1.57. The molecular weight excluding hydrogens is 265 g/mol. The lowest BCUT2D eigenvalue weighted by molar-refractivity contribution is -0.120. The Balaban J connectivity index is 2.96. The first-order valence-electron chi connectivity index (χ1n) is 4.18. The van der Waals surface area contributed by atoms with Gasteiger partial charge in [0.15, 0.2) is 0 Å². The van der Waals surface area contributed by atoms with E-state index in [9.17, 15) is 4.79 Å². The van der Waals surface area contributed by atoms with Gasteiger partial charge >= 0.3 is 0 Å². The van der Waals surface area contributed by atoms with Gasteiger partial charge in [-0.15, -0.1) is 11.6 Å². The lowest BCUT2D eigenvalue weighted by Gasteiger charge is -2.09. The van der Waals surface area contributed by atoms with Crippen molar-refractivity contribution < 1.29 is 4.79 Å². The van der Waals surface area contributed by atoms with Gasteiger partial charge in [-0.3, -0.25) is 4.79 Å². The first kappa shape index (κ1) is 11.5. The maximum atomic E-state index is 11.3. The van der Waals surface area contributed by atoms with Crippen molar-refractivity contribution >= 4 is 33.4 Å². The quantitative estimate of drug-likeness (QED) is 0.827. The molecule has 0 aliphatic rings. The van der Waals surface area contributed by atoms with Crippen molar-refractivity contribution in [2.45, 2.75) is 12.3 Å². The summed E-state index contributed by atoms with van der Waals surface area (Å²) < 4.78 is 1.02. The molecule has 0 aliphatic heterocycles. The van der Waals surface area contributed by atoms with Crippen molar-refractivity contribution in [1.29, 1.82) is 0 Å². The molecule has 0 bridgehead atoms. The second kappa shape index (κ2) is 4.80. The third kappa shape index (κ3) is 2.49. The van der Waals surface area contributed by atoms with Crippen molar-refractivity contribution in [2.75, 3.05) is 7.05 Å². The molecule has 0 spiro atoms. The molecule has 0 heterocycles. The standard InChI is InChI=1S/C10H11BrClNO/c1-6-5-7(3-4-8(6)11)9(12)10(14)13-2/h3-5,9H,1-2H3,(H,13,14). The third-order valence-electron chi connectivity index (χ3n) is 1.95. The monoisotopic (exact) mass is 275 g/mol. The SMILES string of the molecule is CNC(=O)C(Cl)c1ccc(Br)c(C)c1. The number of likely N-dealkylation sites (N-methyl/N-ethyl adjacent to an activating group) is 1. The largest absolute Gasteiger partial charge is 0.358 e. The number of hydrogen-bond acceptors (Lipinski definition) is 1. The van der Waals surface area contributed by atoms with Crippen LogP contribution in [0.2, 0.25) is 0 Å². The van der Waals surface area contributed by atoms with Gasteiger partial charge in [0.2, 0.25) is 5.91 Å². The van der Waals surface area contributed by atoms with Crippen LogP contribution in [0.4, 0.5) is 0 Å². The summed E-state index contributed by atoms with van der Waals surface area (Å²) in [5.41, 5.74) is 1.88. The number of carbonyl (C=O) groups is 1. The van der Waals surface area contributed by atoms with Crippen molar-refractivity contribution in [1.82, 2.24) is 5.32 Å². The number of benzene rings is 1. The molecule has 1 rings (SSSR count). The molecule has 0 aliphatic carbocycles. The molecule has 0 radical (unpaired) electrons. The summed E-state index contributed by atoms with van der Waals surface area (Å²) in [5, 5.41) is 1.90. The minimum atomic E-state index is -0.619. The van der Waals surface area contributed by atoms with E-state index >= 15 is 0 Å². The molecule has 1 atom stereocenters. The predicted octanol–water partition coefficient (Wildman–Crippen LogP) is 2.78. The number of aryl methyl sites for hydroxylation is 1. The minimum Gasteiger partial charge on any atom is -0.358 e. The molecule has 1 unspecified atom stereocenters. The van der Waals surface area contributed by atoms with Gasteiger partial charge < -0.3 is 5.32 Å². The second-order valence-corrected chi connectivity index (χ2v) is 4.28. The molecule has 1 N–H and O–H groups in total. The molecule has 0 saturated heterocycles. The molecule has 1 aromatic rings. The van der Waals surface area contributed by atoms with Gasteiger partial charge in [-0.25, -0.2) is 0 Å². The average molecular weight is 277 g/mol. The van der Waals surface area contributed by atoms with E-state index in [0.717, 1.165) is 15.6 Å². The Morgan fingerprint density at radius 2 is 2.21 bits per heavy atom. The smallest absolute Gasteiger partial charge is 0.242 e. The van der Waals surface area contributed by atoms with Crippen molar-refractivity contribution in [2.24, 2.45) is 0 Å². The first-order chi connectivity index (χ1) is 6.56. The summed E-state index contributed by atoms with van der Waals surface area (Å²) >= 11 is 9.34. The fourth-order valence-electron chi connectivity index (χ4n) is 1.10. The van der Waals surface area contributed by atoms with Crippen LogP contribution in [0.1, 0.15) is 16.5 Å². The topological polar surface area (TPSA) is 29.1 Å². The second-order valence-electron chi connectivity index (χ2n) is 2.99. The van der Waals surface area contributed by atoms with E-state index in [1.807, 2.05) is 25.1 Å². The van der Waals surface area contributed by atoms with E-state index in [0.29, 0.717) is 0 Å². The van der Waals surface area contributed by atoms with Crippen LogP contribution in [-0.2, 0) is 4.79 Å². The van der Waals surface area contributed by atoms with Crippen molar-refractivity contribution in [3.63, 3.8) is 0 Å². The zero-order chi connectivity index (χ0) is 10.7. The van der Waals surface area contributed by atoms with Gasteiger partial charge in [-0.05, 0) is 24.1 Å². The molecule has 0 aromatic heterocycles. The molecule has 0 saturated carbocycles. The molecule has 2 nitrogen and oxygen atoms in total. The fraction of sp³-hybridized carbons (Fsp3) is 0.300. The van der Waals surface area contributed by atoms with E-state index < -0.39 is 5.38 Å². The molecular formula is C10H11BrClNO. The van der Waals surface area contributed by atoms with Crippen LogP contribution in [0.15, 0.2) is 22.7 Å². The minimum absolute atomic E-state index is 0.187. The van der Waals surface area contributed by atoms with Crippen LogP contribution >= 0.6 is 27.5 Å². The summed E-state index contributed by atoms with van der Waals surface area (Å²) in [5.74, 6) is -0.187. The number of amides is 1. The molecule has 14 heavy (non-hydrogen) atoms. The Hall–Kier alpha value is -0.540. The number of nitrogens with one attached hydrogen (secondary N) is 1. The maximum absolute atomic E-state index is 11.3. The highest BCUT2D eigenvalue weighted by Crippen LogP contribution is 2.25. The highest BCUT2D eigenvalue weighted by molar-refractivity contribution is 9.10. The first-order valence-corrected chi connectivity index (χ1v) is 5.41. The van der Waals surface area contributed by atoms with E-state index in [2.05, 4.69) is 21.2 Å². The summed E-state index contributed by atoms with van der Waals surface area (Å²) in [6, 6.07) is 5.63. The number of hydrogen-bond donors (Lipinski definition) is 1. The lowest BCUT2D eigenvalue weighted by atomic mass is 10.1. The maximum Gasteiger partial charge on any atom is 0.242 e. The number of rotatable bonds is 2. The van der Waals surface area contributed by atoms with E-state index in [1.165, 1.54) is 0 Å². The summed E-state index contributed by atoms with van der Waals surface area (Å²) in [6.07, 6.45) is 0. The summed E-state index contributed by atoms with van der Waals surface area (Å²) in [4.78, 5) is 11.3. The highest BCUT2D eigenvalue weighted by Gasteiger charge is 2.16. The Bertz CT molecular complexity index is 354. The number of alkyl halides is 1. The highest BCUT2D eigenvalue weighted by atomic mass is 79.9. The summed E-state index contributed by atoms with van der Waals surface area (Å²) in [6.45, 7) is 1.96. The van der Waals surface area contributed by atoms with Crippen LogP contribution in [0, 0.1) is 6.92 Å².